The second-order valence-corrected chi connectivity index (χ2v) is 6.14. The zero-order valence-corrected chi connectivity index (χ0v) is 13.8. The second-order valence-electron chi connectivity index (χ2n) is 5.76. The quantitative estimate of drug-likeness (QED) is 0.777. The number of likely N-dealkylation sites (tertiary alicyclic amines) is 1. The predicted octanol–water partition coefficient (Wildman–Crippen LogP) is 4.52. The van der Waals surface area contributed by atoms with E-state index in [1.807, 2.05) is 43.3 Å². The Morgan fingerprint density at radius 1 is 1.39 bits per heavy atom. The summed E-state index contributed by atoms with van der Waals surface area (Å²) in [4.78, 5) is 18.4. The number of amides is 1. The summed E-state index contributed by atoms with van der Waals surface area (Å²) < 4.78 is 5.47. The van der Waals surface area contributed by atoms with Gasteiger partial charge in [0, 0.05) is 12.7 Å². The van der Waals surface area contributed by atoms with Crippen LogP contribution in [0.1, 0.15) is 35.6 Å². The first-order chi connectivity index (χ1) is 11.1. The van der Waals surface area contributed by atoms with E-state index >= 15 is 0 Å². The highest BCUT2D eigenvalue weighted by molar-refractivity contribution is 6.29. The predicted molar refractivity (Wildman–Crippen MR) is 89.3 cm³/mol. The molecule has 4 nitrogen and oxygen atoms in total. The van der Waals surface area contributed by atoms with E-state index in [1.54, 1.807) is 11.1 Å². The van der Waals surface area contributed by atoms with Gasteiger partial charge in [0.25, 0.3) is 0 Å². The lowest BCUT2D eigenvalue weighted by Crippen LogP contribution is -2.31. The molecule has 0 unspecified atom stereocenters. The fourth-order valence-electron chi connectivity index (χ4n) is 2.99. The molecule has 1 saturated heterocycles. The highest BCUT2D eigenvalue weighted by Crippen LogP contribution is 2.34. The summed E-state index contributed by atoms with van der Waals surface area (Å²) in [7, 11) is 0. The van der Waals surface area contributed by atoms with Gasteiger partial charge in [0.15, 0.2) is 0 Å². The van der Waals surface area contributed by atoms with Crippen LogP contribution in [-0.2, 0) is 11.3 Å². The van der Waals surface area contributed by atoms with Crippen LogP contribution in [0, 0.1) is 6.92 Å². The van der Waals surface area contributed by atoms with Gasteiger partial charge in [0.1, 0.15) is 11.8 Å². The Bertz CT molecular complexity index is 691. The molecule has 0 N–H and O–H groups in total. The van der Waals surface area contributed by atoms with Crippen LogP contribution in [0.25, 0.3) is 0 Å². The molecule has 0 radical (unpaired) electrons. The van der Waals surface area contributed by atoms with E-state index in [-0.39, 0.29) is 12.1 Å². The molecule has 1 aliphatic rings. The standard InChI is InChI=1S/C18H19ClN2O2/c1-13-10-17(19)20-11-15(13)16-8-5-9-21(16)18(22)23-12-14-6-3-2-4-7-14/h2-4,6-7,10-11,16H,5,8-9,12H2,1H3/t16-/m0/s1. The van der Waals surface area contributed by atoms with Gasteiger partial charge in [-0.2, -0.15) is 0 Å². The molecule has 1 atom stereocenters. The van der Waals surface area contributed by atoms with Crippen molar-refractivity contribution in [3.8, 4) is 0 Å². The van der Waals surface area contributed by atoms with Crippen LogP contribution in [0.15, 0.2) is 42.6 Å². The van der Waals surface area contributed by atoms with E-state index in [4.69, 9.17) is 16.3 Å². The van der Waals surface area contributed by atoms with Gasteiger partial charge in [0.2, 0.25) is 0 Å². The van der Waals surface area contributed by atoms with Crippen molar-refractivity contribution in [2.75, 3.05) is 6.54 Å². The summed E-state index contributed by atoms with van der Waals surface area (Å²) in [5.74, 6) is 0. The maximum absolute atomic E-state index is 12.4. The minimum Gasteiger partial charge on any atom is -0.445 e. The van der Waals surface area contributed by atoms with E-state index < -0.39 is 0 Å². The van der Waals surface area contributed by atoms with Crippen molar-refractivity contribution in [3.63, 3.8) is 0 Å². The van der Waals surface area contributed by atoms with Crippen molar-refractivity contribution in [1.29, 1.82) is 0 Å². The number of halogens is 1. The van der Waals surface area contributed by atoms with Gasteiger partial charge in [-0.05, 0) is 42.5 Å². The Hall–Kier alpha value is -2.07. The van der Waals surface area contributed by atoms with Gasteiger partial charge in [-0.1, -0.05) is 41.9 Å². The smallest absolute Gasteiger partial charge is 0.410 e. The average molecular weight is 331 g/mol. The fourth-order valence-corrected chi connectivity index (χ4v) is 3.20. The van der Waals surface area contributed by atoms with Crippen LogP contribution in [0.3, 0.4) is 0 Å². The Balaban J connectivity index is 1.69. The molecular weight excluding hydrogens is 312 g/mol. The normalized spacial score (nSPS) is 17.3. The maximum Gasteiger partial charge on any atom is 0.410 e. The molecule has 0 spiro atoms. The minimum absolute atomic E-state index is 0.0167. The van der Waals surface area contributed by atoms with E-state index in [1.165, 1.54) is 0 Å². The first kappa shape index (κ1) is 15.8. The molecule has 2 aromatic rings. The van der Waals surface area contributed by atoms with Gasteiger partial charge >= 0.3 is 6.09 Å². The number of hydrogen-bond donors (Lipinski definition) is 0. The lowest BCUT2D eigenvalue weighted by atomic mass is 10.0. The number of benzene rings is 1. The maximum atomic E-state index is 12.4. The fraction of sp³-hybridized carbons (Fsp3) is 0.333. The lowest BCUT2D eigenvalue weighted by molar-refractivity contribution is 0.0919. The molecule has 0 aliphatic carbocycles. The van der Waals surface area contributed by atoms with Gasteiger partial charge in [-0.25, -0.2) is 9.78 Å². The zero-order chi connectivity index (χ0) is 16.2. The van der Waals surface area contributed by atoms with Crippen molar-refractivity contribution in [2.45, 2.75) is 32.4 Å². The third-order valence-electron chi connectivity index (χ3n) is 4.17. The van der Waals surface area contributed by atoms with Crippen LogP contribution in [0.5, 0.6) is 0 Å². The largest absolute Gasteiger partial charge is 0.445 e. The van der Waals surface area contributed by atoms with Gasteiger partial charge in [-0.3, -0.25) is 0 Å². The Morgan fingerprint density at radius 3 is 2.91 bits per heavy atom. The van der Waals surface area contributed by atoms with Crippen LogP contribution in [-0.4, -0.2) is 22.5 Å². The molecule has 1 aromatic heterocycles. The van der Waals surface area contributed by atoms with Crippen LogP contribution in [0.2, 0.25) is 5.15 Å². The molecule has 23 heavy (non-hydrogen) atoms. The molecule has 1 fully saturated rings. The number of carbonyl (C=O) groups is 1. The molecular formula is C18H19ClN2O2. The molecule has 0 bridgehead atoms. The van der Waals surface area contributed by atoms with Gasteiger partial charge < -0.3 is 9.64 Å². The van der Waals surface area contributed by atoms with Crippen molar-refractivity contribution >= 4 is 17.7 Å². The molecule has 3 rings (SSSR count). The van der Waals surface area contributed by atoms with Crippen molar-refractivity contribution in [3.05, 3.63) is 64.4 Å². The number of hydrogen-bond acceptors (Lipinski definition) is 3. The number of aromatic nitrogens is 1. The SMILES string of the molecule is Cc1cc(Cl)ncc1[C@@H]1CCCN1C(=O)OCc1ccccc1. The molecule has 120 valence electrons. The monoisotopic (exact) mass is 330 g/mol. The molecule has 1 aliphatic heterocycles. The van der Waals surface area contributed by atoms with E-state index in [9.17, 15) is 4.79 Å². The van der Waals surface area contributed by atoms with E-state index in [0.717, 1.165) is 29.5 Å². The van der Waals surface area contributed by atoms with Gasteiger partial charge in [-0.15, -0.1) is 0 Å². The molecule has 1 amide bonds. The second kappa shape index (κ2) is 7.01. The van der Waals surface area contributed by atoms with Crippen LogP contribution >= 0.6 is 11.6 Å². The van der Waals surface area contributed by atoms with E-state index in [2.05, 4.69) is 4.98 Å². The third kappa shape index (κ3) is 3.64. The van der Waals surface area contributed by atoms with Crippen LogP contribution in [0.4, 0.5) is 4.79 Å². The van der Waals surface area contributed by atoms with Crippen molar-refractivity contribution in [1.82, 2.24) is 9.88 Å². The van der Waals surface area contributed by atoms with Gasteiger partial charge in [0.05, 0.1) is 6.04 Å². The number of aryl methyl sites for hydroxylation is 1. The zero-order valence-electron chi connectivity index (χ0n) is 13.0. The highest BCUT2D eigenvalue weighted by Gasteiger charge is 2.32. The summed E-state index contributed by atoms with van der Waals surface area (Å²) in [6, 6.07) is 11.6. The molecule has 0 saturated carbocycles. The summed E-state index contributed by atoms with van der Waals surface area (Å²) in [5.41, 5.74) is 3.09. The Kier molecular flexibility index (Phi) is 4.82. The molecule has 1 aromatic carbocycles. The highest BCUT2D eigenvalue weighted by atomic mass is 35.5. The molecule has 5 heteroatoms. The topological polar surface area (TPSA) is 42.4 Å². The van der Waals surface area contributed by atoms with E-state index in [0.29, 0.717) is 18.3 Å². The summed E-state index contributed by atoms with van der Waals surface area (Å²) in [6.07, 6.45) is 3.38. The Morgan fingerprint density at radius 2 is 2.17 bits per heavy atom. The number of carbonyl (C=O) groups excluding carboxylic acids is 1. The minimum atomic E-state index is -0.272. The number of ether oxygens (including phenoxy) is 1. The number of nitrogens with zero attached hydrogens (tertiary/aromatic N) is 2. The summed E-state index contributed by atoms with van der Waals surface area (Å²) in [5, 5.41) is 0.474. The Labute approximate surface area is 141 Å². The number of rotatable bonds is 3. The third-order valence-corrected chi connectivity index (χ3v) is 4.38. The van der Waals surface area contributed by atoms with Crippen LogP contribution < -0.4 is 0 Å². The summed E-state index contributed by atoms with van der Waals surface area (Å²) >= 11 is 5.92. The number of pyridine rings is 1. The molecule has 2 heterocycles. The lowest BCUT2D eigenvalue weighted by Gasteiger charge is -2.25. The average Bonchev–Trinajstić information content (AvgIpc) is 3.03. The van der Waals surface area contributed by atoms with Crippen molar-refractivity contribution in [2.24, 2.45) is 0 Å². The van der Waals surface area contributed by atoms with Crippen molar-refractivity contribution < 1.29 is 9.53 Å². The first-order valence-corrected chi connectivity index (χ1v) is 8.12. The summed E-state index contributed by atoms with van der Waals surface area (Å²) in [6.45, 7) is 3.00. The first-order valence-electron chi connectivity index (χ1n) is 7.74.